The number of alkyl halides is 2. The van der Waals surface area contributed by atoms with Crippen LogP contribution in [-0.4, -0.2) is 281 Å². The Morgan fingerprint density at radius 1 is 0.766 bits per heavy atom. The molecule has 4 fully saturated rings. The summed E-state index contributed by atoms with van der Waals surface area (Å²) < 4.78 is 35.5. The number of hydrogen-bond acceptors (Lipinski definition) is 18. The predicted molar refractivity (Wildman–Crippen MR) is 355 cm³/mol. The number of ether oxygens (including phenoxy) is 1. The molecular weight excluding hydrogens is 1360 g/mol. The van der Waals surface area contributed by atoms with Crippen LogP contribution in [0.15, 0.2) is 59.7 Å². The van der Waals surface area contributed by atoms with Gasteiger partial charge in [-0.2, -0.15) is 0 Å². The first kappa shape index (κ1) is 74.4. The molecule has 7 rings (SSSR count). The minimum Gasteiger partial charge on any atom is -0.494 e. The van der Waals surface area contributed by atoms with Crippen molar-refractivity contribution in [2.24, 2.45) is 10.9 Å². The summed E-state index contributed by atoms with van der Waals surface area (Å²) in [4.78, 5) is 148. The molecule has 6 N–H and O–H groups in total. The van der Waals surface area contributed by atoms with Crippen LogP contribution in [0, 0.1) is 9.49 Å². The zero-order valence-electron chi connectivity index (χ0n) is 53.1. The van der Waals surface area contributed by atoms with Crippen LogP contribution in [0.2, 0.25) is 0 Å². The molecule has 7 amide bonds. The molecule has 3 atom stereocenters. The van der Waals surface area contributed by atoms with E-state index < -0.39 is 90.8 Å². The number of likely N-dealkylation sites (tertiary alicyclic amines) is 3. The average molecular weight is 1450 g/mol. The van der Waals surface area contributed by atoms with Gasteiger partial charge in [-0.15, -0.1) is 11.8 Å². The van der Waals surface area contributed by atoms with E-state index >= 15 is 0 Å². The van der Waals surface area contributed by atoms with Crippen LogP contribution in [0.5, 0.6) is 5.75 Å². The summed E-state index contributed by atoms with van der Waals surface area (Å²) in [5.74, 6) is -8.25. The fraction of sp³-hybridized carbons (Fsp3) is 0.594. The maximum atomic E-state index is 14.2. The van der Waals surface area contributed by atoms with E-state index in [1.807, 2.05) is 29.2 Å². The highest BCUT2D eigenvalue weighted by Crippen LogP contribution is 2.32. The third-order valence-electron chi connectivity index (χ3n) is 17.1. The van der Waals surface area contributed by atoms with Crippen molar-refractivity contribution >= 4 is 111 Å². The monoisotopic (exact) mass is 1440 g/mol. The molecule has 30 heteroatoms. The number of carbonyl (C=O) groups excluding carboxylic acids is 7. The van der Waals surface area contributed by atoms with Crippen LogP contribution in [-0.2, 0) is 49.6 Å². The summed E-state index contributed by atoms with van der Waals surface area (Å²) in [7, 11) is 1.44. The van der Waals surface area contributed by atoms with E-state index in [1.165, 1.54) is 37.3 Å². The Hall–Kier alpha value is -7.00. The average Bonchev–Trinajstić information content (AvgIpc) is 1.24. The number of carboxylic acids is 3. The van der Waals surface area contributed by atoms with Crippen LogP contribution >= 0.6 is 34.4 Å². The van der Waals surface area contributed by atoms with Crippen LogP contribution < -0.4 is 20.7 Å². The van der Waals surface area contributed by atoms with Crippen LogP contribution in [0.3, 0.4) is 0 Å². The zero-order chi connectivity index (χ0) is 67.7. The lowest BCUT2D eigenvalue weighted by Gasteiger charge is -2.33. The van der Waals surface area contributed by atoms with Crippen LogP contribution in [0.1, 0.15) is 86.6 Å². The first-order valence-electron chi connectivity index (χ1n) is 32.0. The van der Waals surface area contributed by atoms with E-state index in [4.69, 9.17) is 4.74 Å². The van der Waals surface area contributed by atoms with Crippen molar-refractivity contribution in [2.75, 3.05) is 137 Å². The second-order valence-corrected chi connectivity index (χ2v) is 26.8. The minimum absolute atomic E-state index is 0.0676. The molecule has 94 heavy (non-hydrogen) atoms. The predicted octanol–water partition coefficient (Wildman–Crippen LogP) is 3.03. The summed E-state index contributed by atoms with van der Waals surface area (Å²) in [6.07, 6.45) is 8.45. The molecule has 3 aromatic rings. The zero-order valence-corrected chi connectivity index (χ0v) is 56.1. The van der Waals surface area contributed by atoms with Gasteiger partial charge < -0.3 is 45.8 Å². The van der Waals surface area contributed by atoms with Gasteiger partial charge in [0, 0.05) is 131 Å². The number of pyridine rings is 1. The van der Waals surface area contributed by atoms with E-state index in [2.05, 4.69) is 48.5 Å². The van der Waals surface area contributed by atoms with Crippen molar-refractivity contribution in [3.8, 4) is 5.75 Å². The number of benzene rings is 2. The Morgan fingerprint density at radius 3 is 2.01 bits per heavy atom. The molecule has 4 saturated heterocycles. The fourth-order valence-corrected chi connectivity index (χ4v) is 13.6. The lowest BCUT2D eigenvalue weighted by Crippen LogP contribution is -2.50. The van der Waals surface area contributed by atoms with Crippen LogP contribution in [0.4, 0.5) is 8.78 Å². The Balaban J connectivity index is 0.878. The molecule has 4 aliphatic rings. The smallest absolute Gasteiger partial charge is 0.317 e. The number of fused-ring (bicyclic) bond motifs is 1. The largest absolute Gasteiger partial charge is 0.494 e. The summed E-state index contributed by atoms with van der Waals surface area (Å²) >= 11 is 3.47. The highest BCUT2D eigenvalue weighted by Gasteiger charge is 2.46. The second kappa shape index (κ2) is 37.3. The van der Waals surface area contributed by atoms with Crippen molar-refractivity contribution in [1.29, 1.82) is 0 Å². The number of aliphatic imine (C=N–C) groups is 1. The Labute approximate surface area is 563 Å². The number of hydrogen-bond donors (Lipinski definition) is 6. The first-order valence-corrected chi connectivity index (χ1v) is 34.1. The van der Waals surface area contributed by atoms with E-state index in [9.17, 15) is 72.0 Å². The van der Waals surface area contributed by atoms with Crippen molar-refractivity contribution in [2.45, 2.75) is 100 Å². The lowest BCUT2D eigenvalue weighted by atomic mass is 9.92. The summed E-state index contributed by atoms with van der Waals surface area (Å²) in [6, 6.07) is 13.4. The molecule has 5 heterocycles. The van der Waals surface area contributed by atoms with Gasteiger partial charge >= 0.3 is 17.9 Å². The Bertz CT molecular complexity index is 3120. The normalized spacial score (nSPS) is 19.4. The first-order chi connectivity index (χ1) is 45.0. The van der Waals surface area contributed by atoms with E-state index in [0.29, 0.717) is 94.3 Å². The van der Waals surface area contributed by atoms with Crippen molar-refractivity contribution in [1.82, 2.24) is 55.2 Å². The summed E-state index contributed by atoms with van der Waals surface area (Å²) in [5, 5.41) is 37.3. The molecule has 514 valence electrons. The van der Waals surface area contributed by atoms with Crippen molar-refractivity contribution in [3.05, 3.63) is 69.4 Å². The molecule has 2 aromatic carbocycles. The van der Waals surface area contributed by atoms with Crippen LogP contribution in [0.25, 0.3) is 10.9 Å². The number of carbonyl (C=O) groups is 10. The van der Waals surface area contributed by atoms with Gasteiger partial charge in [0.1, 0.15) is 12.3 Å². The Morgan fingerprint density at radius 2 is 1.39 bits per heavy atom. The molecule has 0 spiro atoms. The molecule has 4 aliphatic heterocycles. The molecule has 0 aliphatic carbocycles. The second-order valence-electron chi connectivity index (χ2n) is 24.3. The maximum absolute atomic E-state index is 14.2. The number of rotatable bonds is 32. The minimum atomic E-state index is -3.06. The number of piperidine rings is 1. The van der Waals surface area contributed by atoms with Gasteiger partial charge in [0.2, 0.25) is 35.4 Å². The van der Waals surface area contributed by atoms with Gasteiger partial charge in [0.25, 0.3) is 11.8 Å². The SMILES string of the molecule is CN=C[C@H]1CC(F)(F)CN1C(=O)CNC(=O)c1ccnc2ccc(OCCCC3CCN(C(=O)CN4C(=O)CC(SCC(CCCCNC(=O)CCCc5ccc(I)cc5)NC(=O)CN5CCN(CC(=O)O)CCN(CC(=O)O)CCN(CC(=O)O)CC5)C4=O)CC3)cc12. The molecule has 0 radical (unpaired) electrons. The van der Waals surface area contributed by atoms with E-state index in [0.717, 1.165) is 31.8 Å². The highest BCUT2D eigenvalue weighted by molar-refractivity contribution is 14.1. The number of aromatic nitrogens is 1. The number of aryl methyl sites for hydroxylation is 1. The molecule has 26 nitrogen and oxygen atoms in total. The Kier molecular flexibility index (Phi) is 29.6. The number of aliphatic carboxylic acids is 3. The number of amides is 7. The summed E-state index contributed by atoms with van der Waals surface area (Å²) in [6.45, 7) is 0.682. The summed E-state index contributed by atoms with van der Waals surface area (Å²) in [5.41, 5.74) is 1.89. The number of imide groups is 1. The van der Waals surface area contributed by atoms with Gasteiger partial charge in [-0.05, 0) is 128 Å². The van der Waals surface area contributed by atoms with Gasteiger partial charge in [-0.1, -0.05) is 12.1 Å². The lowest BCUT2D eigenvalue weighted by molar-refractivity contribution is -0.146. The van der Waals surface area contributed by atoms with Gasteiger partial charge in [-0.25, -0.2) is 8.78 Å². The molecule has 0 saturated carbocycles. The molecule has 2 unspecified atom stereocenters. The third-order valence-corrected chi connectivity index (χ3v) is 19.2. The third kappa shape index (κ3) is 24.6. The maximum Gasteiger partial charge on any atom is 0.317 e. The quantitative estimate of drug-likeness (QED) is 0.0226. The van der Waals surface area contributed by atoms with Gasteiger partial charge in [-0.3, -0.25) is 82.4 Å². The topological polar surface area (TPSA) is 325 Å². The van der Waals surface area contributed by atoms with Crippen molar-refractivity contribution in [3.63, 3.8) is 0 Å². The van der Waals surface area contributed by atoms with E-state index in [1.54, 1.807) is 37.8 Å². The highest BCUT2D eigenvalue weighted by atomic mass is 127. The number of unbranched alkanes of at least 4 members (excludes halogenated alkanes) is 1. The standard InChI is InChI=1S/C64H87F2IN12O14S/c1-68-35-48-34-64(65,66)43-79(48)57(83)36-71-62(91)50-16-20-69-52-15-14-49(32-51(50)52)93-31-5-7-45-17-21-77(22-18-45)58(84)38-78-56(82)33-53(63(78)92)94-42-47(8-2-3-19-70-54(80)9-4-6-44-10-12-46(67)13-11-44)72-55(81)37-73-23-25-74(39-59(85)86)27-29-76(41-61(89)90)30-28-75(26-24-73)40-60(87)88/h10-16,20,32,35,45,47-48,53H,2-9,17-19,21-31,33-34,36-43H2,1H3,(H,70,80)(H,71,91)(H,72,81)(H,85,86)(H,87,88)(H,89,90)/t47?,48-,53?/m1/s1. The van der Waals surface area contributed by atoms with E-state index in [-0.39, 0.29) is 120 Å². The molecule has 0 bridgehead atoms. The number of nitrogens with zero attached hydrogens (tertiary/aromatic N) is 9. The number of nitrogens with one attached hydrogen (secondary N) is 3. The van der Waals surface area contributed by atoms with Gasteiger partial charge in [0.15, 0.2) is 0 Å². The molecule has 1 aromatic heterocycles. The number of carboxylic acid groups (broad SMARTS) is 3. The fourth-order valence-electron chi connectivity index (χ4n) is 12.0. The van der Waals surface area contributed by atoms with Gasteiger partial charge in [0.05, 0.1) is 68.2 Å². The number of halogens is 3. The number of thioether (sulfide) groups is 1. The molecular formula is C64H87F2IN12O14S. The van der Waals surface area contributed by atoms with Crippen molar-refractivity contribution < 1.29 is 76.8 Å².